The van der Waals surface area contributed by atoms with Crippen LogP contribution in [0.4, 0.5) is 17.1 Å². The van der Waals surface area contributed by atoms with E-state index in [-0.39, 0.29) is 5.91 Å². The Kier molecular flexibility index (Phi) is 5.79. The maximum atomic E-state index is 12.6. The molecule has 0 unspecified atom stereocenters. The van der Waals surface area contributed by atoms with E-state index in [0.717, 1.165) is 40.6 Å². The molecule has 0 spiro atoms. The molecule has 6 heteroatoms. The fourth-order valence-electron chi connectivity index (χ4n) is 8.01. The van der Waals surface area contributed by atoms with E-state index in [2.05, 4.69) is 28.8 Å². The average Bonchev–Trinajstić information content (AvgIpc) is 3.31. The summed E-state index contributed by atoms with van der Waals surface area (Å²) in [4.78, 5) is 24.0. The van der Waals surface area contributed by atoms with Gasteiger partial charge < -0.3 is 15.7 Å². The van der Waals surface area contributed by atoms with Crippen LogP contribution < -0.4 is 10.6 Å². The van der Waals surface area contributed by atoms with Crippen LogP contribution in [0.1, 0.15) is 63.4 Å². The van der Waals surface area contributed by atoms with Gasteiger partial charge in [-0.25, -0.2) is 0 Å². The van der Waals surface area contributed by atoms with Crippen LogP contribution in [0.15, 0.2) is 42.5 Å². The van der Waals surface area contributed by atoms with Crippen LogP contribution in [0.2, 0.25) is 5.02 Å². The highest BCUT2D eigenvalue weighted by Crippen LogP contribution is 2.61. The van der Waals surface area contributed by atoms with Crippen LogP contribution in [0, 0.1) is 29.6 Å². The van der Waals surface area contributed by atoms with Gasteiger partial charge in [-0.2, -0.15) is 0 Å². The number of amides is 1. The van der Waals surface area contributed by atoms with E-state index in [9.17, 15) is 14.7 Å². The second-order valence-corrected chi connectivity index (χ2v) is 12.0. The van der Waals surface area contributed by atoms with Crippen molar-refractivity contribution in [1.29, 1.82) is 0 Å². The zero-order valence-electron chi connectivity index (χ0n) is 19.9. The molecule has 3 N–H and O–H groups in total. The number of halogens is 1. The van der Waals surface area contributed by atoms with Gasteiger partial charge in [0.25, 0.3) is 0 Å². The summed E-state index contributed by atoms with van der Waals surface area (Å²) in [6, 6.07) is 14.1. The maximum absolute atomic E-state index is 12.6. The highest BCUT2D eigenvalue weighted by molar-refractivity contribution is 6.33. The van der Waals surface area contributed by atoms with Crippen LogP contribution in [0.5, 0.6) is 0 Å². The molecule has 2 atom stereocenters. The smallest absolute Gasteiger partial charge is 0.307 e. The lowest BCUT2D eigenvalue weighted by Crippen LogP contribution is -2.48. The molecule has 184 valence electrons. The first kappa shape index (κ1) is 22.9. The third kappa shape index (κ3) is 4.33. The van der Waals surface area contributed by atoms with Gasteiger partial charge in [-0.05, 0) is 116 Å². The summed E-state index contributed by atoms with van der Waals surface area (Å²) >= 11 is 6.76. The fraction of sp³-hybridized carbons (Fsp3) is 0.517. The predicted octanol–water partition coefficient (Wildman–Crippen LogP) is 6.99. The SMILES string of the molecule is O=C(Nc1ccc(Nc2ccc(C34CC5CC(CC(C5)C3)C4)cc2Cl)cc1)[C@H]1CCC[C@H]1C(=O)O. The molecule has 7 rings (SSSR count). The van der Waals surface area contributed by atoms with Crippen LogP contribution in [-0.4, -0.2) is 17.0 Å². The number of nitrogens with one attached hydrogen (secondary N) is 2. The quantitative estimate of drug-likeness (QED) is 0.406. The molecule has 35 heavy (non-hydrogen) atoms. The van der Waals surface area contributed by atoms with Crippen molar-refractivity contribution in [2.24, 2.45) is 29.6 Å². The Morgan fingerprint density at radius 2 is 1.46 bits per heavy atom. The summed E-state index contributed by atoms with van der Waals surface area (Å²) < 4.78 is 0. The molecule has 0 aromatic heterocycles. The van der Waals surface area contributed by atoms with Crippen LogP contribution in [-0.2, 0) is 15.0 Å². The van der Waals surface area contributed by atoms with Gasteiger partial charge in [0.15, 0.2) is 0 Å². The summed E-state index contributed by atoms with van der Waals surface area (Å²) in [5.74, 6) is 0.574. The van der Waals surface area contributed by atoms with Gasteiger partial charge in [0.05, 0.1) is 22.5 Å². The van der Waals surface area contributed by atoms with Crippen molar-refractivity contribution in [3.63, 3.8) is 0 Å². The van der Waals surface area contributed by atoms with Gasteiger partial charge in [0.2, 0.25) is 5.91 Å². The van der Waals surface area contributed by atoms with E-state index >= 15 is 0 Å². The van der Waals surface area contributed by atoms with Crippen molar-refractivity contribution >= 4 is 40.5 Å². The van der Waals surface area contributed by atoms with Gasteiger partial charge in [-0.15, -0.1) is 0 Å². The summed E-state index contributed by atoms with van der Waals surface area (Å²) in [5, 5.41) is 16.4. The van der Waals surface area contributed by atoms with Crippen molar-refractivity contribution < 1.29 is 14.7 Å². The molecular weight excluding hydrogens is 460 g/mol. The first-order chi connectivity index (χ1) is 16.9. The van der Waals surface area contributed by atoms with Crippen molar-refractivity contribution in [3.05, 3.63) is 53.1 Å². The molecule has 0 saturated heterocycles. The number of anilines is 3. The van der Waals surface area contributed by atoms with Gasteiger partial charge in [-0.1, -0.05) is 24.1 Å². The lowest BCUT2D eigenvalue weighted by molar-refractivity contribution is -0.145. The minimum atomic E-state index is -0.881. The van der Waals surface area contributed by atoms with Gasteiger partial charge >= 0.3 is 5.97 Å². The summed E-state index contributed by atoms with van der Waals surface area (Å²) in [6.07, 6.45) is 10.2. The number of carbonyl (C=O) groups excluding carboxylic acids is 1. The second kappa shape index (κ2) is 8.85. The Morgan fingerprint density at radius 3 is 2.06 bits per heavy atom. The molecule has 5 nitrogen and oxygen atoms in total. The van der Waals surface area contributed by atoms with Gasteiger partial charge in [0, 0.05) is 11.4 Å². The van der Waals surface area contributed by atoms with E-state index in [1.807, 2.05) is 24.3 Å². The molecule has 5 fully saturated rings. The molecule has 2 aromatic carbocycles. The standard InChI is InChI=1S/C29H33ClN2O3/c30-25-13-20(29-14-17-10-18(15-29)12-19(11-17)16-29)4-9-26(25)31-21-5-7-22(8-6-21)32-27(33)23-2-1-3-24(23)28(34)35/h4-9,13,17-19,23-24,31H,1-3,10-12,14-16H2,(H,32,33)(H,34,35)/t17?,18?,19?,23-,24+,29?/m0/s1. The number of hydrogen-bond donors (Lipinski definition) is 3. The number of benzene rings is 2. The topological polar surface area (TPSA) is 78.4 Å². The third-order valence-corrected chi connectivity index (χ3v) is 9.53. The highest BCUT2D eigenvalue weighted by Gasteiger charge is 2.51. The summed E-state index contributed by atoms with van der Waals surface area (Å²) in [5.41, 5.74) is 4.18. The normalized spacial score (nSPS) is 33.0. The van der Waals surface area contributed by atoms with Crippen molar-refractivity contribution in [2.45, 2.75) is 63.2 Å². The Labute approximate surface area is 211 Å². The summed E-state index contributed by atoms with van der Waals surface area (Å²) in [6.45, 7) is 0. The number of carbonyl (C=O) groups is 2. The fourth-order valence-corrected chi connectivity index (χ4v) is 8.24. The van der Waals surface area contributed by atoms with Crippen LogP contribution >= 0.6 is 11.6 Å². The highest BCUT2D eigenvalue weighted by atomic mass is 35.5. The molecule has 5 aliphatic carbocycles. The number of hydrogen-bond acceptors (Lipinski definition) is 3. The third-order valence-electron chi connectivity index (χ3n) is 9.22. The van der Waals surface area contributed by atoms with E-state index in [4.69, 9.17) is 11.6 Å². The molecular formula is C29H33ClN2O3. The molecule has 5 aliphatic rings. The number of rotatable bonds is 6. The minimum Gasteiger partial charge on any atom is -0.481 e. The van der Waals surface area contributed by atoms with Crippen molar-refractivity contribution in [3.8, 4) is 0 Å². The molecule has 0 heterocycles. The molecule has 0 radical (unpaired) electrons. The first-order valence-corrected chi connectivity index (χ1v) is 13.5. The van der Waals surface area contributed by atoms with E-state index in [1.54, 1.807) is 0 Å². The number of aliphatic carboxylic acids is 1. The Balaban J connectivity index is 1.12. The minimum absolute atomic E-state index is 0.209. The lowest BCUT2D eigenvalue weighted by Gasteiger charge is -2.57. The Hall–Kier alpha value is -2.53. The maximum Gasteiger partial charge on any atom is 0.307 e. The molecule has 5 saturated carbocycles. The molecule has 2 aromatic rings. The van der Waals surface area contributed by atoms with E-state index < -0.39 is 17.8 Å². The van der Waals surface area contributed by atoms with Gasteiger partial charge in [0.1, 0.15) is 0 Å². The Morgan fingerprint density at radius 1 is 0.857 bits per heavy atom. The molecule has 0 aliphatic heterocycles. The van der Waals surface area contributed by atoms with Crippen LogP contribution in [0.3, 0.4) is 0 Å². The van der Waals surface area contributed by atoms with Gasteiger partial charge in [-0.3, -0.25) is 9.59 Å². The summed E-state index contributed by atoms with van der Waals surface area (Å²) in [7, 11) is 0. The zero-order valence-corrected chi connectivity index (χ0v) is 20.7. The van der Waals surface area contributed by atoms with Crippen molar-refractivity contribution in [1.82, 2.24) is 0 Å². The average molecular weight is 493 g/mol. The van der Waals surface area contributed by atoms with Crippen molar-refractivity contribution in [2.75, 3.05) is 10.6 Å². The number of carboxylic acid groups (broad SMARTS) is 1. The molecule has 4 bridgehead atoms. The second-order valence-electron chi connectivity index (χ2n) is 11.6. The van der Waals surface area contributed by atoms with Crippen LogP contribution in [0.25, 0.3) is 0 Å². The Bertz CT molecular complexity index is 1110. The number of carboxylic acids is 1. The predicted molar refractivity (Wildman–Crippen MR) is 138 cm³/mol. The van der Waals surface area contributed by atoms with E-state index in [0.29, 0.717) is 23.9 Å². The first-order valence-electron chi connectivity index (χ1n) is 13.1. The monoisotopic (exact) mass is 492 g/mol. The largest absolute Gasteiger partial charge is 0.481 e. The molecule has 1 amide bonds. The lowest BCUT2D eigenvalue weighted by atomic mass is 9.48. The van der Waals surface area contributed by atoms with E-state index in [1.165, 1.54) is 44.1 Å². The zero-order chi connectivity index (χ0) is 24.2.